The third-order valence-corrected chi connectivity index (χ3v) is 3.38. The van der Waals surface area contributed by atoms with Gasteiger partial charge in [-0.05, 0) is 36.8 Å². The second kappa shape index (κ2) is 5.87. The van der Waals surface area contributed by atoms with Crippen molar-refractivity contribution in [3.05, 3.63) is 58.1 Å². The van der Waals surface area contributed by atoms with Crippen LogP contribution in [-0.2, 0) is 0 Å². The van der Waals surface area contributed by atoms with Crippen molar-refractivity contribution in [3.8, 4) is 17.6 Å². The molecule has 2 aromatic rings. The number of hydrogen-bond acceptors (Lipinski definition) is 3. The molecule has 0 unspecified atom stereocenters. The van der Waals surface area contributed by atoms with E-state index in [1.54, 1.807) is 18.2 Å². The summed E-state index contributed by atoms with van der Waals surface area (Å²) in [5, 5.41) is 9.01. The SMILES string of the molecule is C[C@H](N)c1ccc(Oc2ccccc2C#N)cc1Br. The lowest BCUT2D eigenvalue weighted by Gasteiger charge is -2.11. The number of benzene rings is 2. The number of halogens is 1. The maximum Gasteiger partial charge on any atom is 0.145 e. The van der Waals surface area contributed by atoms with Gasteiger partial charge >= 0.3 is 0 Å². The van der Waals surface area contributed by atoms with Crippen LogP contribution in [0.3, 0.4) is 0 Å². The first-order chi connectivity index (χ1) is 9.11. The fourth-order valence-corrected chi connectivity index (χ4v) is 2.43. The fourth-order valence-electron chi connectivity index (χ4n) is 1.72. The highest BCUT2D eigenvalue weighted by Gasteiger charge is 2.08. The predicted molar refractivity (Wildman–Crippen MR) is 78.0 cm³/mol. The number of nitrogens with zero attached hydrogens (tertiary/aromatic N) is 1. The Morgan fingerprint density at radius 3 is 2.63 bits per heavy atom. The van der Waals surface area contributed by atoms with Gasteiger partial charge in [-0.2, -0.15) is 5.26 Å². The van der Waals surface area contributed by atoms with Gasteiger partial charge in [-0.1, -0.05) is 34.1 Å². The molecule has 0 aliphatic carbocycles. The van der Waals surface area contributed by atoms with Gasteiger partial charge in [-0.15, -0.1) is 0 Å². The summed E-state index contributed by atoms with van der Waals surface area (Å²) in [7, 11) is 0. The van der Waals surface area contributed by atoms with Gasteiger partial charge in [-0.3, -0.25) is 0 Å². The van der Waals surface area contributed by atoms with Crippen molar-refractivity contribution in [3.63, 3.8) is 0 Å². The number of ether oxygens (including phenoxy) is 1. The molecule has 0 spiro atoms. The first kappa shape index (κ1) is 13.6. The number of para-hydroxylation sites is 1. The maximum absolute atomic E-state index is 9.01. The van der Waals surface area contributed by atoms with Crippen molar-refractivity contribution in [1.29, 1.82) is 5.26 Å². The lowest BCUT2D eigenvalue weighted by atomic mass is 10.1. The Labute approximate surface area is 120 Å². The van der Waals surface area contributed by atoms with Gasteiger partial charge in [0.05, 0.1) is 5.56 Å². The van der Waals surface area contributed by atoms with E-state index >= 15 is 0 Å². The average molecular weight is 317 g/mol. The highest BCUT2D eigenvalue weighted by molar-refractivity contribution is 9.10. The fraction of sp³-hybridized carbons (Fsp3) is 0.133. The molecule has 0 aromatic heterocycles. The molecule has 0 radical (unpaired) electrons. The molecular formula is C15H13BrN2O. The van der Waals surface area contributed by atoms with E-state index in [-0.39, 0.29) is 6.04 Å². The van der Waals surface area contributed by atoms with Crippen LogP contribution in [0, 0.1) is 11.3 Å². The molecule has 0 heterocycles. The van der Waals surface area contributed by atoms with E-state index in [1.807, 2.05) is 31.2 Å². The molecule has 1 atom stereocenters. The summed E-state index contributed by atoms with van der Waals surface area (Å²) in [6.45, 7) is 1.92. The summed E-state index contributed by atoms with van der Waals surface area (Å²) < 4.78 is 6.62. The van der Waals surface area contributed by atoms with Crippen molar-refractivity contribution in [1.82, 2.24) is 0 Å². The summed E-state index contributed by atoms with van der Waals surface area (Å²) in [5.74, 6) is 1.21. The van der Waals surface area contributed by atoms with E-state index < -0.39 is 0 Å². The minimum atomic E-state index is -0.0465. The van der Waals surface area contributed by atoms with Crippen LogP contribution < -0.4 is 10.5 Å². The molecule has 96 valence electrons. The normalized spacial score (nSPS) is 11.7. The number of hydrogen-bond donors (Lipinski definition) is 1. The van der Waals surface area contributed by atoms with Crippen LogP contribution in [0.2, 0.25) is 0 Å². The van der Waals surface area contributed by atoms with E-state index in [1.165, 1.54) is 0 Å². The van der Waals surface area contributed by atoms with Gasteiger partial charge in [0.25, 0.3) is 0 Å². The van der Waals surface area contributed by atoms with Crippen LogP contribution in [0.15, 0.2) is 46.9 Å². The van der Waals surface area contributed by atoms with Crippen LogP contribution in [0.25, 0.3) is 0 Å². The molecule has 0 bridgehead atoms. The number of rotatable bonds is 3. The van der Waals surface area contributed by atoms with Gasteiger partial charge in [0.1, 0.15) is 17.6 Å². The van der Waals surface area contributed by atoms with Crippen molar-refractivity contribution in [2.75, 3.05) is 0 Å². The van der Waals surface area contributed by atoms with Crippen LogP contribution >= 0.6 is 15.9 Å². The van der Waals surface area contributed by atoms with Gasteiger partial charge < -0.3 is 10.5 Å². The summed E-state index contributed by atoms with van der Waals surface area (Å²) in [5.41, 5.74) is 7.37. The smallest absolute Gasteiger partial charge is 0.145 e. The molecule has 2 aromatic carbocycles. The third kappa shape index (κ3) is 3.14. The van der Waals surface area contributed by atoms with E-state index in [0.29, 0.717) is 17.1 Å². The van der Waals surface area contributed by atoms with Gasteiger partial charge in [0.2, 0.25) is 0 Å². The largest absolute Gasteiger partial charge is 0.456 e. The highest BCUT2D eigenvalue weighted by Crippen LogP contribution is 2.30. The van der Waals surface area contributed by atoms with Crippen molar-refractivity contribution >= 4 is 15.9 Å². The monoisotopic (exact) mass is 316 g/mol. The zero-order chi connectivity index (χ0) is 13.8. The Bertz CT molecular complexity index is 632. The number of nitrogens with two attached hydrogens (primary N) is 1. The Morgan fingerprint density at radius 2 is 2.00 bits per heavy atom. The van der Waals surface area contributed by atoms with E-state index in [2.05, 4.69) is 22.0 Å². The van der Waals surface area contributed by atoms with Crippen LogP contribution in [0.4, 0.5) is 0 Å². The van der Waals surface area contributed by atoms with E-state index in [9.17, 15) is 0 Å². The minimum Gasteiger partial charge on any atom is -0.456 e. The molecule has 2 N–H and O–H groups in total. The van der Waals surface area contributed by atoms with E-state index in [4.69, 9.17) is 15.7 Å². The third-order valence-electron chi connectivity index (χ3n) is 2.70. The standard InChI is InChI=1S/C15H13BrN2O/c1-10(18)13-7-6-12(8-14(13)16)19-15-5-3-2-4-11(15)9-17/h2-8,10H,18H2,1H3/t10-/m0/s1. The molecule has 0 saturated heterocycles. The topological polar surface area (TPSA) is 59.0 Å². The first-order valence-electron chi connectivity index (χ1n) is 5.84. The summed E-state index contributed by atoms with van der Waals surface area (Å²) in [6.07, 6.45) is 0. The van der Waals surface area contributed by atoms with Gasteiger partial charge in [-0.25, -0.2) is 0 Å². The zero-order valence-electron chi connectivity index (χ0n) is 10.4. The highest BCUT2D eigenvalue weighted by atomic mass is 79.9. The molecule has 0 aliphatic heterocycles. The quantitative estimate of drug-likeness (QED) is 0.926. The Morgan fingerprint density at radius 1 is 1.26 bits per heavy atom. The maximum atomic E-state index is 9.01. The lowest BCUT2D eigenvalue weighted by Crippen LogP contribution is -2.05. The second-order valence-electron chi connectivity index (χ2n) is 4.18. The molecule has 2 rings (SSSR count). The molecule has 3 nitrogen and oxygen atoms in total. The first-order valence-corrected chi connectivity index (χ1v) is 6.63. The van der Waals surface area contributed by atoms with Crippen LogP contribution in [-0.4, -0.2) is 0 Å². The van der Waals surface area contributed by atoms with Crippen molar-refractivity contribution < 1.29 is 4.74 Å². The molecule has 0 aliphatic rings. The molecule has 0 saturated carbocycles. The molecule has 4 heteroatoms. The van der Waals surface area contributed by atoms with Gasteiger partial charge in [0.15, 0.2) is 0 Å². The Balaban J connectivity index is 2.30. The second-order valence-corrected chi connectivity index (χ2v) is 5.04. The van der Waals surface area contributed by atoms with Crippen molar-refractivity contribution in [2.24, 2.45) is 5.73 Å². The molecular weight excluding hydrogens is 304 g/mol. The molecule has 19 heavy (non-hydrogen) atoms. The van der Waals surface area contributed by atoms with Crippen molar-refractivity contribution in [2.45, 2.75) is 13.0 Å². The van der Waals surface area contributed by atoms with E-state index in [0.717, 1.165) is 10.0 Å². The predicted octanol–water partition coefficient (Wildman–Crippen LogP) is 4.13. The Kier molecular flexibility index (Phi) is 4.20. The summed E-state index contributed by atoms with van der Waals surface area (Å²) in [4.78, 5) is 0. The lowest BCUT2D eigenvalue weighted by molar-refractivity contribution is 0.480. The molecule has 0 amide bonds. The Hall–Kier alpha value is -1.83. The summed E-state index contributed by atoms with van der Waals surface area (Å²) in [6, 6.07) is 14.8. The zero-order valence-corrected chi connectivity index (χ0v) is 12.0. The average Bonchev–Trinajstić information content (AvgIpc) is 2.39. The summed E-state index contributed by atoms with van der Waals surface area (Å²) >= 11 is 3.47. The molecule has 0 fully saturated rings. The van der Waals surface area contributed by atoms with Crippen LogP contribution in [0.5, 0.6) is 11.5 Å². The minimum absolute atomic E-state index is 0.0465. The number of nitriles is 1. The van der Waals surface area contributed by atoms with Crippen LogP contribution in [0.1, 0.15) is 24.1 Å². The van der Waals surface area contributed by atoms with Gasteiger partial charge in [0, 0.05) is 10.5 Å².